The summed E-state index contributed by atoms with van der Waals surface area (Å²) in [6.45, 7) is 5.10. The van der Waals surface area contributed by atoms with E-state index >= 15 is 0 Å². The van der Waals surface area contributed by atoms with Gasteiger partial charge in [-0.25, -0.2) is 0 Å². The molecule has 0 amide bonds. The highest BCUT2D eigenvalue weighted by atomic mass is 16.5. The highest BCUT2D eigenvalue weighted by Gasteiger charge is 2.29. The van der Waals surface area contributed by atoms with Crippen LogP contribution in [0.5, 0.6) is 0 Å². The molecule has 1 rings (SSSR count). The van der Waals surface area contributed by atoms with Crippen LogP contribution in [0.1, 0.15) is 6.92 Å². The number of hydrogen-bond donors (Lipinski definition) is 1. The molecule has 0 aliphatic carbocycles. The summed E-state index contributed by atoms with van der Waals surface area (Å²) in [6.07, 6.45) is 0. The second-order valence-electron chi connectivity index (χ2n) is 3.84. The van der Waals surface area contributed by atoms with Crippen LogP contribution in [0, 0.1) is 0 Å². The van der Waals surface area contributed by atoms with Gasteiger partial charge in [0.2, 0.25) is 0 Å². The first-order valence-corrected chi connectivity index (χ1v) is 5.23. The number of esters is 1. The van der Waals surface area contributed by atoms with Gasteiger partial charge in [-0.1, -0.05) is 0 Å². The van der Waals surface area contributed by atoms with Crippen LogP contribution in [0.4, 0.5) is 0 Å². The van der Waals surface area contributed by atoms with Gasteiger partial charge in [-0.3, -0.25) is 9.69 Å². The van der Waals surface area contributed by atoms with Crippen molar-refractivity contribution in [2.24, 2.45) is 0 Å². The summed E-state index contributed by atoms with van der Waals surface area (Å²) in [4.78, 5) is 13.7. The lowest BCUT2D eigenvalue weighted by Gasteiger charge is -2.35. The molecule has 1 N–H and O–H groups in total. The predicted octanol–water partition coefficient (Wildman–Crippen LogP) is -0.532. The number of carbonyl (C=O) groups excluding carboxylic acids is 1. The maximum Gasteiger partial charge on any atom is 0.325 e. The van der Waals surface area contributed by atoms with E-state index in [0.29, 0.717) is 12.6 Å². The fraction of sp³-hybridized carbons (Fsp3) is 0.900. The topological polar surface area (TPSA) is 50.8 Å². The molecule has 2 atom stereocenters. The number of hydrogen-bond acceptors (Lipinski definition) is 5. The van der Waals surface area contributed by atoms with Crippen LogP contribution in [0.15, 0.2) is 0 Å². The lowest BCUT2D eigenvalue weighted by Crippen LogP contribution is -2.56. The second-order valence-corrected chi connectivity index (χ2v) is 3.84. The van der Waals surface area contributed by atoms with Gasteiger partial charge in [0.25, 0.3) is 0 Å². The zero-order valence-corrected chi connectivity index (χ0v) is 9.66. The molecule has 0 bridgehead atoms. The van der Waals surface area contributed by atoms with Crippen LogP contribution in [-0.4, -0.2) is 63.4 Å². The van der Waals surface area contributed by atoms with E-state index in [0.717, 1.165) is 19.6 Å². The Kier molecular flexibility index (Phi) is 5.01. The molecule has 1 aliphatic heterocycles. The van der Waals surface area contributed by atoms with E-state index in [1.165, 1.54) is 7.11 Å². The van der Waals surface area contributed by atoms with E-state index in [9.17, 15) is 4.79 Å². The molecule has 0 aromatic carbocycles. The molecule has 1 unspecified atom stereocenters. The minimum absolute atomic E-state index is 0.217. The van der Waals surface area contributed by atoms with Gasteiger partial charge in [-0.15, -0.1) is 0 Å². The third kappa shape index (κ3) is 3.44. The van der Waals surface area contributed by atoms with Gasteiger partial charge in [-0.05, 0) is 6.92 Å². The van der Waals surface area contributed by atoms with Crippen molar-refractivity contribution >= 4 is 5.97 Å². The Labute approximate surface area is 90.7 Å². The van der Waals surface area contributed by atoms with Crippen LogP contribution in [0.3, 0.4) is 0 Å². The average molecular weight is 216 g/mol. The summed E-state index contributed by atoms with van der Waals surface area (Å²) < 4.78 is 9.82. The van der Waals surface area contributed by atoms with Gasteiger partial charge in [-0.2, -0.15) is 0 Å². The van der Waals surface area contributed by atoms with Crippen LogP contribution in [0.25, 0.3) is 0 Å². The van der Waals surface area contributed by atoms with Crippen molar-refractivity contribution in [1.29, 1.82) is 0 Å². The minimum Gasteiger partial charge on any atom is -0.468 e. The lowest BCUT2D eigenvalue weighted by molar-refractivity contribution is -0.149. The summed E-state index contributed by atoms with van der Waals surface area (Å²) >= 11 is 0. The first kappa shape index (κ1) is 12.4. The third-order valence-corrected chi connectivity index (χ3v) is 2.64. The first-order chi connectivity index (χ1) is 7.19. The second kappa shape index (κ2) is 6.05. The number of nitrogens with zero attached hydrogens (tertiary/aromatic N) is 1. The van der Waals surface area contributed by atoms with Gasteiger partial charge < -0.3 is 14.8 Å². The summed E-state index contributed by atoms with van der Waals surface area (Å²) in [6, 6.07) is 0.132. The molecule has 1 aliphatic rings. The van der Waals surface area contributed by atoms with Gasteiger partial charge in [0.1, 0.15) is 6.04 Å². The summed E-state index contributed by atoms with van der Waals surface area (Å²) in [7, 11) is 3.01. The molecule has 0 aromatic heterocycles. The molecule has 0 spiro atoms. The smallest absolute Gasteiger partial charge is 0.325 e. The lowest BCUT2D eigenvalue weighted by atomic mass is 10.1. The van der Waals surface area contributed by atoms with Crippen molar-refractivity contribution in [3.05, 3.63) is 0 Å². The van der Waals surface area contributed by atoms with E-state index in [1.54, 1.807) is 7.11 Å². The van der Waals surface area contributed by atoms with Crippen LogP contribution in [0.2, 0.25) is 0 Å². The zero-order valence-electron chi connectivity index (χ0n) is 9.66. The maximum absolute atomic E-state index is 11.5. The Balaban J connectivity index is 2.57. The van der Waals surface area contributed by atoms with Crippen LogP contribution in [-0.2, 0) is 14.3 Å². The monoisotopic (exact) mass is 216 g/mol. The Morgan fingerprint density at radius 1 is 1.60 bits per heavy atom. The summed E-state index contributed by atoms with van der Waals surface area (Å²) in [5.41, 5.74) is 0. The van der Waals surface area contributed by atoms with E-state index in [1.807, 2.05) is 0 Å². The molecule has 1 fully saturated rings. The van der Waals surface area contributed by atoms with E-state index in [-0.39, 0.29) is 12.0 Å². The fourth-order valence-electron chi connectivity index (χ4n) is 1.86. The largest absolute Gasteiger partial charge is 0.468 e. The Morgan fingerprint density at radius 2 is 2.33 bits per heavy atom. The zero-order chi connectivity index (χ0) is 11.3. The highest BCUT2D eigenvalue weighted by Crippen LogP contribution is 2.07. The molecule has 1 saturated heterocycles. The minimum atomic E-state index is -0.274. The molecule has 0 radical (unpaired) electrons. The number of rotatable bonds is 4. The third-order valence-electron chi connectivity index (χ3n) is 2.64. The van der Waals surface area contributed by atoms with Crippen LogP contribution < -0.4 is 5.32 Å². The molecule has 15 heavy (non-hydrogen) atoms. The van der Waals surface area contributed by atoms with Crippen molar-refractivity contribution in [2.75, 3.05) is 40.5 Å². The number of carbonyl (C=O) groups is 1. The van der Waals surface area contributed by atoms with Gasteiger partial charge in [0, 0.05) is 32.8 Å². The average Bonchev–Trinajstić information content (AvgIpc) is 2.25. The van der Waals surface area contributed by atoms with Crippen molar-refractivity contribution in [3.8, 4) is 0 Å². The Morgan fingerprint density at radius 3 is 2.87 bits per heavy atom. The molecule has 1 heterocycles. The SMILES string of the molecule is COCC(C(=O)OC)N1CCN[C@@H](C)C1. The van der Waals surface area contributed by atoms with E-state index < -0.39 is 0 Å². The van der Waals surface area contributed by atoms with Crippen molar-refractivity contribution in [3.63, 3.8) is 0 Å². The molecule has 0 aromatic rings. The van der Waals surface area contributed by atoms with Gasteiger partial charge >= 0.3 is 5.97 Å². The Bertz CT molecular complexity index is 211. The highest BCUT2D eigenvalue weighted by molar-refractivity contribution is 5.75. The van der Waals surface area contributed by atoms with Crippen molar-refractivity contribution in [2.45, 2.75) is 19.0 Å². The molecular weight excluding hydrogens is 196 g/mol. The summed E-state index contributed by atoms with van der Waals surface area (Å²) in [5, 5.41) is 3.33. The number of piperazine rings is 1. The quantitative estimate of drug-likeness (QED) is 0.640. The summed E-state index contributed by atoms with van der Waals surface area (Å²) in [5.74, 6) is -0.217. The molecule has 0 saturated carbocycles. The molecular formula is C10H20N2O3. The standard InChI is InChI=1S/C10H20N2O3/c1-8-6-12(5-4-11-8)9(7-14-2)10(13)15-3/h8-9,11H,4-7H2,1-3H3/t8-,9?/m0/s1. The normalized spacial score (nSPS) is 24.9. The van der Waals surface area contributed by atoms with E-state index in [2.05, 4.69) is 17.1 Å². The maximum atomic E-state index is 11.5. The number of methoxy groups -OCH3 is 2. The van der Waals surface area contributed by atoms with Gasteiger partial charge in [0.15, 0.2) is 0 Å². The van der Waals surface area contributed by atoms with Crippen LogP contribution >= 0.6 is 0 Å². The van der Waals surface area contributed by atoms with Crippen molar-refractivity contribution < 1.29 is 14.3 Å². The Hall–Kier alpha value is -0.650. The van der Waals surface area contributed by atoms with Gasteiger partial charge in [0.05, 0.1) is 13.7 Å². The fourth-order valence-corrected chi connectivity index (χ4v) is 1.86. The number of nitrogens with one attached hydrogen (secondary N) is 1. The van der Waals surface area contributed by atoms with Crippen molar-refractivity contribution in [1.82, 2.24) is 10.2 Å². The number of ether oxygens (including phenoxy) is 2. The van der Waals surface area contributed by atoms with E-state index in [4.69, 9.17) is 9.47 Å². The molecule has 5 heteroatoms. The molecule has 88 valence electrons. The first-order valence-electron chi connectivity index (χ1n) is 5.23. The predicted molar refractivity (Wildman–Crippen MR) is 56.7 cm³/mol. The molecule has 5 nitrogen and oxygen atoms in total.